The molecule has 1 N–H and O–H groups in total. The van der Waals surface area contributed by atoms with Crippen LogP contribution < -0.4 is 0 Å². The fraction of sp³-hybridized carbons (Fsp3) is 0.455. The zero-order chi connectivity index (χ0) is 9.54. The van der Waals surface area contributed by atoms with Crippen LogP contribution in [0.15, 0.2) is 17.5 Å². The summed E-state index contributed by atoms with van der Waals surface area (Å²) in [6.45, 7) is 5.91. The molecule has 0 saturated carbocycles. The minimum atomic E-state index is 0.895. The maximum absolute atomic E-state index is 3.46. The molecule has 0 spiro atoms. The van der Waals surface area contributed by atoms with Crippen molar-refractivity contribution in [1.29, 1.82) is 0 Å². The maximum Gasteiger partial charge on any atom is 0.0565 e. The average molecular weight is 206 g/mol. The molecular formula is C11H14N2S. The summed E-state index contributed by atoms with van der Waals surface area (Å²) in [7, 11) is 0. The Hall–Kier alpha value is -0.800. The summed E-state index contributed by atoms with van der Waals surface area (Å²) >= 11 is 1.81. The average Bonchev–Trinajstić information content (AvgIpc) is 2.60. The number of hydrogen-bond donors (Lipinski definition) is 1. The number of hydrogen-bond acceptors (Lipinski definition) is 2. The summed E-state index contributed by atoms with van der Waals surface area (Å²) in [5.74, 6) is 0.895. The van der Waals surface area contributed by atoms with Crippen molar-refractivity contribution in [2.24, 2.45) is 5.92 Å². The summed E-state index contributed by atoms with van der Waals surface area (Å²) in [5, 5.41) is 2.14. The molecule has 1 fully saturated rings. The van der Waals surface area contributed by atoms with Crippen LogP contribution in [0.25, 0.3) is 10.2 Å². The van der Waals surface area contributed by atoms with Crippen LogP contribution in [-0.2, 0) is 6.54 Å². The van der Waals surface area contributed by atoms with E-state index in [0.29, 0.717) is 0 Å². The standard InChI is InChI=1S/C11H14N2S/c1-8-5-13(6-8)7-9-4-11-10(12-9)2-3-14-11/h2-4,8,12H,5-7H2,1H3. The van der Waals surface area contributed by atoms with Gasteiger partial charge in [0, 0.05) is 25.3 Å². The highest BCUT2D eigenvalue weighted by Crippen LogP contribution is 2.24. The van der Waals surface area contributed by atoms with E-state index in [-0.39, 0.29) is 0 Å². The van der Waals surface area contributed by atoms with Crippen molar-refractivity contribution < 1.29 is 0 Å². The van der Waals surface area contributed by atoms with Crippen molar-refractivity contribution in [2.45, 2.75) is 13.5 Å². The van der Waals surface area contributed by atoms with Crippen molar-refractivity contribution in [1.82, 2.24) is 9.88 Å². The van der Waals surface area contributed by atoms with Crippen molar-refractivity contribution in [2.75, 3.05) is 13.1 Å². The Balaban J connectivity index is 1.75. The summed E-state index contributed by atoms with van der Waals surface area (Å²) in [4.78, 5) is 5.94. The van der Waals surface area contributed by atoms with Crippen LogP contribution in [0.3, 0.4) is 0 Å². The molecule has 3 heterocycles. The Morgan fingerprint density at radius 2 is 2.43 bits per heavy atom. The van der Waals surface area contributed by atoms with Crippen molar-refractivity contribution in [3.63, 3.8) is 0 Å². The van der Waals surface area contributed by atoms with Gasteiger partial charge in [0.25, 0.3) is 0 Å². The molecule has 1 saturated heterocycles. The van der Waals surface area contributed by atoms with Crippen LogP contribution in [-0.4, -0.2) is 23.0 Å². The normalized spacial score (nSPS) is 18.9. The lowest BCUT2D eigenvalue weighted by atomic mass is 10.0. The van der Waals surface area contributed by atoms with Gasteiger partial charge in [0.15, 0.2) is 0 Å². The molecule has 1 aliphatic rings. The Labute approximate surface area is 87.5 Å². The fourth-order valence-electron chi connectivity index (χ4n) is 2.19. The number of aromatic nitrogens is 1. The largest absolute Gasteiger partial charge is 0.357 e. The second-order valence-corrected chi connectivity index (χ2v) is 5.24. The Kier molecular flexibility index (Phi) is 1.89. The van der Waals surface area contributed by atoms with E-state index >= 15 is 0 Å². The lowest BCUT2D eigenvalue weighted by Gasteiger charge is -2.36. The quantitative estimate of drug-likeness (QED) is 0.800. The third kappa shape index (κ3) is 1.37. The second kappa shape index (κ2) is 3.11. The number of nitrogens with one attached hydrogen (secondary N) is 1. The molecule has 3 heteroatoms. The van der Waals surface area contributed by atoms with Gasteiger partial charge >= 0.3 is 0 Å². The number of thiophene rings is 1. The van der Waals surface area contributed by atoms with E-state index in [9.17, 15) is 0 Å². The van der Waals surface area contributed by atoms with E-state index in [2.05, 4.69) is 34.3 Å². The third-order valence-corrected chi connectivity index (χ3v) is 3.69. The number of fused-ring (bicyclic) bond motifs is 1. The minimum Gasteiger partial charge on any atom is -0.357 e. The van der Waals surface area contributed by atoms with Gasteiger partial charge < -0.3 is 4.98 Å². The molecule has 14 heavy (non-hydrogen) atoms. The van der Waals surface area contributed by atoms with E-state index in [1.54, 1.807) is 0 Å². The molecule has 0 bridgehead atoms. The molecule has 74 valence electrons. The van der Waals surface area contributed by atoms with Gasteiger partial charge in [-0.2, -0.15) is 0 Å². The monoisotopic (exact) mass is 206 g/mol. The summed E-state index contributed by atoms with van der Waals surface area (Å²) < 4.78 is 1.38. The van der Waals surface area contributed by atoms with Gasteiger partial charge in [-0.15, -0.1) is 11.3 Å². The van der Waals surface area contributed by atoms with Crippen LogP contribution in [0.2, 0.25) is 0 Å². The first-order valence-corrected chi connectivity index (χ1v) is 5.96. The topological polar surface area (TPSA) is 19.0 Å². The van der Waals surface area contributed by atoms with Gasteiger partial charge in [0.2, 0.25) is 0 Å². The minimum absolute atomic E-state index is 0.895. The number of nitrogens with zero attached hydrogens (tertiary/aromatic N) is 1. The van der Waals surface area contributed by atoms with E-state index in [1.807, 2.05) is 11.3 Å². The van der Waals surface area contributed by atoms with Crippen molar-refractivity contribution in [3.05, 3.63) is 23.2 Å². The first-order valence-electron chi connectivity index (χ1n) is 5.09. The summed E-state index contributed by atoms with van der Waals surface area (Å²) in [5.41, 5.74) is 2.65. The first-order chi connectivity index (χ1) is 6.81. The van der Waals surface area contributed by atoms with Gasteiger partial charge in [-0.25, -0.2) is 0 Å². The highest BCUT2D eigenvalue weighted by molar-refractivity contribution is 7.17. The highest BCUT2D eigenvalue weighted by atomic mass is 32.1. The third-order valence-electron chi connectivity index (χ3n) is 2.83. The number of rotatable bonds is 2. The van der Waals surface area contributed by atoms with Crippen molar-refractivity contribution >= 4 is 21.6 Å². The molecule has 2 nitrogen and oxygen atoms in total. The smallest absolute Gasteiger partial charge is 0.0565 e. The zero-order valence-corrected chi connectivity index (χ0v) is 9.10. The lowest BCUT2D eigenvalue weighted by molar-refractivity contribution is 0.103. The van der Waals surface area contributed by atoms with Gasteiger partial charge in [-0.1, -0.05) is 6.92 Å². The molecule has 0 aliphatic carbocycles. The van der Waals surface area contributed by atoms with Gasteiger partial charge in [0.05, 0.1) is 10.2 Å². The fourth-order valence-corrected chi connectivity index (χ4v) is 2.99. The van der Waals surface area contributed by atoms with E-state index in [4.69, 9.17) is 0 Å². The summed E-state index contributed by atoms with van der Waals surface area (Å²) in [6, 6.07) is 4.44. The molecule has 0 unspecified atom stereocenters. The molecular weight excluding hydrogens is 192 g/mol. The van der Waals surface area contributed by atoms with Crippen LogP contribution in [0.1, 0.15) is 12.6 Å². The maximum atomic E-state index is 3.46. The molecule has 0 amide bonds. The van der Waals surface area contributed by atoms with Gasteiger partial charge in [0.1, 0.15) is 0 Å². The van der Waals surface area contributed by atoms with Crippen LogP contribution in [0.4, 0.5) is 0 Å². The van der Waals surface area contributed by atoms with E-state index < -0.39 is 0 Å². The second-order valence-electron chi connectivity index (χ2n) is 4.29. The molecule has 0 atom stereocenters. The Bertz CT molecular complexity index is 408. The molecule has 2 aromatic rings. The molecule has 3 rings (SSSR count). The predicted octanol–water partition coefficient (Wildman–Crippen LogP) is 2.68. The molecule has 0 aromatic carbocycles. The van der Waals surface area contributed by atoms with Gasteiger partial charge in [-0.05, 0) is 23.4 Å². The first kappa shape index (κ1) is 8.50. The Morgan fingerprint density at radius 3 is 3.14 bits per heavy atom. The number of H-pyrrole nitrogens is 1. The van der Waals surface area contributed by atoms with Crippen molar-refractivity contribution in [3.8, 4) is 0 Å². The predicted molar refractivity (Wildman–Crippen MR) is 60.6 cm³/mol. The molecule has 2 aromatic heterocycles. The molecule has 1 aliphatic heterocycles. The SMILES string of the molecule is CC1CN(Cc2cc3sccc3[nH]2)C1. The lowest BCUT2D eigenvalue weighted by Crippen LogP contribution is -2.44. The van der Waals surface area contributed by atoms with E-state index in [0.717, 1.165) is 12.5 Å². The Morgan fingerprint density at radius 1 is 1.57 bits per heavy atom. The highest BCUT2D eigenvalue weighted by Gasteiger charge is 2.22. The zero-order valence-electron chi connectivity index (χ0n) is 8.29. The molecule has 0 radical (unpaired) electrons. The van der Waals surface area contributed by atoms with Crippen LogP contribution >= 0.6 is 11.3 Å². The van der Waals surface area contributed by atoms with Crippen LogP contribution in [0.5, 0.6) is 0 Å². The van der Waals surface area contributed by atoms with Crippen LogP contribution in [0, 0.1) is 5.92 Å². The van der Waals surface area contributed by atoms with E-state index in [1.165, 1.54) is 29.0 Å². The number of likely N-dealkylation sites (tertiary alicyclic amines) is 1. The summed E-state index contributed by atoms with van der Waals surface area (Å²) in [6.07, 6.45) is 0. The van der Waals surface area contributed by atoms with Gasteiger partial charge in [-0.3, -0.25) is 4.90 Å². The number of aromatic amines is 1.